The van der Waals surface area contributed by atoms with Crippen LogP contribution in [0.25, 0.3) is 0 Å². The second kappa shape index (κ2) is 6.92. The number of amides is 1. The van der Waals surface area contributed by atoms with Crippen molar-refractivity contribution in [3.63, 3.8) is 0 Å². The number of carbonyl (C=O) groups excluding carboxylic acids is 1. The molecule has 0 aliphatic rings. The van der Waals surface area contributed by atoms with Gasteiger partial charge in [-0.3, -0.25) is 14.9 Å². The molecule has 0 fully saturated rings. The highest BCUT2D eigenvalue weighted by atomic mass is 19.4. The second-order valence-corrected chi connectivity index (χ2v) is 4.23. The number of hydrogen-bond donors (Lipinski definition) is 0. The van der Waals surface area contributed by atoms with Crippen molar-refractivity contribution in [2.45, 2.75) is 6.18 Å². The van der Waals surface area contributed by atoms with Crippen LogP contribution in [0.4, 0.5) is 18.9 Å². The molecule has 1 aromatic rings. The summed E-state index contributed by atoms with van der Waals surface area (Å²) in [6.45, 7) is 1.48. The minimum absolute atomic E-state index is 0.0901. The molecular formula is C13H13F3N2O4. The number of nitro groups is 1. The highest BCUT2D eigenvalue weighted by Gasteiger charge is 2.33. The fourth-order valence-electron chi connectivity index (χ4n) is 1.74. The summed E-state index contributed by atoms with van der Waals surface area (Å²) >= 11 is 0. The first-order valence-corrected chi connectivity index (χ1v) is 5.99. The number of nitrogens with zero attached hydrogens (tertiary/aromatic N) is 2. The largest absolute Gasteiger partial charge is 0.490 e. The Bertz CT molecular complexity index is 587. The van der Waals surface area contributed by atoms with Crippen LogP contribution in [0.3, 0.4) is 0 Å². The smallest absolute Gasteiger partial charge is 0.406 e. The predicted octanol–water partition coefficient (Wildman–Crippen LogP) is 2.79. The molecule has 22 heavy (non-hydrogen) atoms. The molecule has 0 saturated heterocycles. The fourth-order valence-corrected chi connectivity index (χ4v) is 1.74. The minimum Gasteiger partial charge on any atom is -0.490 e. The van der Waals surface area contributed by atoms with E-state index in [1.807, 2.05) is 0 Å². The first-order chi connectivity index (χ1) is 10.2. The van der Waals surface area contributed by atoms with Crippen molar-refractivity contribution in [3.8, 4) is 5.75 Å². The van der Waals surface area contributed by atoms with Crippen molar-refractivity contribution in [2.75, 3.05) is 20.2 Å². The van der Waals surface area contributed by atoms with Crippen molar-refractivity contribution in [3.05, 3.63) is 46.5 Å². The number of ether oxygens (including phenoxy) is 1. The van der Waals surface area contributed by atoms with Crippen LogP contribution in [-0.4, -0.2) is 42.1 Å². The zero-order valence-electron chi connectivity index (χ0n) is 11.6. The van der Waals surface area contributed by atoms with Gasteiger partial charge in [-0.05, 0) is 12.1 Å². The van der Waals surface area contributed by atoms with E-state index >= 15 is 0 Å². The molecule has 0 saturated carbocycles. The molecule has 9 heteroatoms. The van der Waals surface area contributed by atoms with Crippen molar-refractivity contribution in [2.24, 2.45) is 0 Å². The van der Waals surface area contributed by atoms with Crippen LogP contribution in [-0.2, 0) is 0 Å². The molecular weight excluding hydrogens is 305 g/mol. The molecule has 1 amide bonds. The Labute approximate surface area is 123 Å². The summed E-state index contributed by atoms with van der Waals surface area (Å²) in [5.41, 5.74) is -0.738. The molecule has 0 aliphatic carbocycles. The van der Waals surface area contributed by atoms with Crippen LogP contribution in [0.2, 0.25) is 0 Å². The molecule has 0 spiro atoms. The summed E-state index contributed by atoms with van der Waals surface area (Å²) in [6, 6.07) is 3.21. The lowest BCUT2D eigenvalue weighted by Gasteiger charge is -2.22. The number of nitro benzene ring substituents is 1. The first kappa shape index (κ1) is 17.5. The lowest BCUT2D eigenvalue weighted by molar-refractivity contribution is -0.385. The van der Waals surface area contributed by atoms with Gasteiger partial charge in [0.05, 0.1) is 12.0 Å². The number of benzene rings is 1. The number of carbonyl (C=O) groups is 1. The summed E-state index contributed by atoms with van der Waals surface area (Å²) in [7, 11) is 1.21. The quantitative estimate of drug-likeness (QED) is 0.459. The average molecular weight is 318 g/mol. The number of rotatable bonds is 6. The monoisotopic (exact) mass is 318 g/mol. The molecule has 0 bridgehead atoms. The Balaban J connectivity index is 3.16. The van der Waals surface area contributed by atoms with Crippen molar-refractivity contribution in [1.82, 2.24) is 4.90 Å². The van der Waals surface area contributed by atoms with Crippen molar-refractivity contribution in [1.29, 1.82) is 0 Å². The van der Waals surface area contributed by atoms with Gasteiger partial charge in [0.2, 0.25) is 0 Å². The number of hydrogen-bond acceptors (Lipinski definition) is 4. The maximum absolute atomic E-state index is 12.5. The number of halogens is 3. The lowest BCUT2D eigenvalue weighted by atomic mass is 10.1. The molecule has 0 aliphatic heterocycles. The third-order valence-corrected chi connectivity index (χ3v) is 2.63. The van der Waals surface area contributed by atoms with Gasteiger partial charge in [0, 0.05) is 18.2 Å². The van der Waals surface area contributed by atoms with Gasteiger partial charge in [0.25, 0.3) is 5.91 Å². The maximum atomic E-state index is 12.5. The molecule has 0 N–H and O–H groups in total. The lowest BCUT2D eigenvalue weighted by Crippen LogP contribution is -2.39. The van der Waals surface area contributed by atoms with E-state index in [0.717, 1.165) is 18.2 Å². The Hall–Kier alpha value is -2.58. The van der Waals surface area contributed by atoms with Gasteiger partial charge < -0.3 is 9.64 Å². The molecule has 0 radical (unpaired) electrons. The van der Waals surface area contributed by atoms with E-state index in [4.69, 9.17) is 4.74 Å². The van der Waals surface area contributed by atoms with E-state index in [1.54, 1.807) is 0 Å². The van der Waals surface area contributed by atoms with Gasteiger partial charge in [-0.1, -0.05) is 6.08 Å². The second-order valence-electron chi connectivity index (χ2n) is 4.23. The SMILES string of the molecule is C=CCN(CC(F)(F)F)C(=O)c1ccc(OC)c([N+](=O)[O-])c1. The standard InChI is InChI=1S/C13H13F3N2O4/c1-3-6-17(8-13(14,15)16)12(19)9-4-5-11(22-2)10(7-9)18(20)21/h3-5,7H,1,6,8H2,2H3. The van der Waals surface area contributed by atoms with Crippen molar-refractivity contribution >= 4 is 11.6 Å². The molecule has 0 atom stereocenters. The zero-order chi connectivity index (χ0) is 16.9. The summed E-state index contributed by atoms with van der Waals surface area (Å²) in [5.74, 6) is -1.07. The molecule has 6 nitrogen and oxygen atoms in total. The minimum atomic E-state index is -4.59. The highest BCUT2D eigenvalue weighted by Crippen LogP contribution is 2.28. The Morgan fingerprint density at radius 2 is 2.14 bits per heavy atom. The summed E-state index contributed by atoms with van der Waals surface area (Å²) < 4.78 is 42.2. The molecule has 1 aromatic carbocycles. The van der Waals surface area contributed by atoms with E-state index < -0.39 is 29.2 Å². The normalized spacial score (nSPS) is 10.9. The van der Waals surface area contributed by atoms with E-state index in [9.17, 15) is 28.1 Å². The molecule has 0 heterocycles. The Morgan fingerprint density at radius 1 is 1.50 bits per heavy atom. The maximum Gasteiger partial charge on any atom is 0.406 e. The van der Waals surface area contributed by atoms with E-state index in [1.165, 1.54) is 13.2 Å². The van der Waals surface area contributed by atoms with Crippen LogP contribution in [0.15, 0.2) is 30.9 Å². The van der Waals surface area contributed by atoms with E-state index in [-0.39, 0.29) is 17.9 Å². The van der Waals surface area contributed by atoms with Gasteiger partial charge in [0.1, 0.15) is 6.54 Å². The van der Waals surface area contributed by atoms with Crippen molar-refractivity contribution < 1.29 is 27.6 Å². The Kier molecular flexibility index (Phi) is 5.50. The molecule has 0 aromatic heterocycles. The average Bonchev–Trinajstić information content (AvgIpc) is 2.43. The Morgan fingerprint density at radius 3 is 2.59 bits per heavy atom. The van der Waals surface area contributed by atoms with Gasteiger partial charge in [-0.2, -0.15) is 13.2 Å². The summed E-state index contributed by atoms with van der Waals surface area (Å²) in [5, 5.41) is 10.9. The summed E-state index contributed by atoms with van der Waals surface area (Å²) in [6.07, 6.45) is -3.45. The predicted molar refractivity (Wildman–Crippen MR) is 71.8 cm³/mol. The van der Waals surface area contributed by atoms with Crippen LogP contribution in [0, 0.1) is 10.1 Å². The topological polar surface area (TPSA) is 72.7 Å². The van der Waals surface area contributed by atoms with Crippen LogP contribution < -0.4 is 4.74 Å². The highest BCUT2D eigenvalue weighted by molar-refractivity contribution is 5.95. The first-order valence-electron chi connectivity index (χ1n) is 5.99. The third-order valence-electron chi connectivity index (χ3n) is 2.63. The van der Waals surface area contributed by atoms with Gasteiger partial charge in [-0.15, -0.1) is 6.58 Å². The third kappa shape index (κ3) is 4.47. The fraction of sp³-hybridized carbons (Fsp3) is 0.308. The van der Waals surface area contributed by atoms with E-state index in [2.05, 4.69) is 6.58 Å². The van der Waals surface area contributed by atoms with E-state index in [0.29, 0.717) is 4.90 Å². The van der Waals surface area contributed by atoms with Gasteiger partial charge in [-0.25, -0.2) is 0 Å². The molecule has 1 rings (SSSR count). The molecule has 0 unspecified atom stereocenters. The van der Waals surface area contributed by atoms with Gasteiger partial charge in [0.15, 0.2) is 5.75 Å². The number of methoxy groups -OCH3 is 1. The van der Waals surface area contributed by atoms with Crippen LogP contribution in [0.1, 0.15) is 10.4 Å². The summed E-state index contributed by atoms with van der Waals surface area (Å²) in [4.78, 5) is 22.7. The number of alkyl halides is 3. The zero-order valence-corrected chi connectivity index (χ0v) is 11.6. The van der Waals surface area contributed by atoms with Gasteiger partial charge >= 0.3 is 11.9 Å². The van der Waals surface area contributed by atoms with Crippen LogP contribution >= 0.6 is 0 Å². The van der Waals surface area contributed by atoms with Crippen LogP contribution in [0.5, 0.6) is 5.75 Å². The molecule has 120 valence electrons.